The third-order valence-corrected chi connectivity index (χ3v) is 6.89. The van der Waals surface area contributed by atoms with E-state index in [4.69, 9.17) is 15.2 Å². The van der Waals surface area contributed by atoms with Crippen molar-refractivity contribution in [3.8, 4) is 11.5 Å². The van der Waals surface area contributed by atoms with E-state index in [-0.39, 0.29) is 11.5 Å². The second kappa shape index (κ2) is 8.08. The van der Waals surface area contributed by atoms with E-state index in [1.165, 1.54) is 5.56 Å². The number of hydrogen-bond donors (Lipinski definition) is 1. The molecule has 0 spiro atoms. The Morgan fingerprint density at radius 2 is 1.77 bits per heavy atom. The molecule has 2 N–H and O–H groups in total. The van der Waals surface area contributed by atoms with Crippen LogP contribution >= 0.6 is 0 Å². The summed E-state index contributed by atoms with van der Waals surface area (Å²) < 4.78 is 11.9. The minimum absolute atomic E-state index is 0.0324. The van der Waals surface area contributed by atoms with Gasteiger partial charge in [-0.25, -0.2) is 0 Å². The summed E-state index contributed by atoms with van der Waals surface area (Å²) in [4.78, 5) is 17.3. The Morgan fingerprint density at radius 3 is 2.45 bits per heavy atom. The highest BCUT2D eigenvalue weighted by Crippen LogP contribution is 2.44. The number of benzene rings is 2. The average molecular weight is 424 g/mol. The lowest BCUT2D eigenvalue weighted by molar-refractivity contribution is 0.0341. The lowest BCUT2D eigenvalue weighted by Gasteiger charge is -2.38. The van der Waals surface area contributed by atoms with Gasteiger partial charge in [-0.15, -0.1) is 0 Å². The summed E-state index contributed by atoms with van der Waals surface area (Å²) in [5, 5.41) is 0. The highest BCUT2D eigenvalue weighted by Gasteiger charge is 2.40. The van der Waals surface area contributed by atoms with Crippen LogP contribution < -0.4 is 15.2 Å². The fraction of sp³-hybridized carbons (Fsp3) is 0.480. The molecule has 1 unspecified atom stereocenters. The van der Waals surface area contributed by atoms with Gasteiger partial charge in [-0.2, -0.15) is 0 Å². The number of anilines is 1. The minimum atomic E-state index is -0.285. The lowest BCUT2D eigenvalue weighted by atomic mass is 9.91. The summed E-state index contributed by atoms with van der Waals surface area (Å²) >= 11 is 0. The predicted molar refractivity (Wildman–Crippen MR) is 123 cm³/mol. The number of carbonyl (C=O) groups is 1. The fourth-order valence-electron chi connectivity index (χ4n) is 4.88. The van der Waals surface area contributed by atoms with Gasteiger partial charge in [0.15, 0.2) is 0 Å². The van der Waals surface area contributed by atoms with Crippen molar-refractivity contribution >= 4 is 11.6 Å². The Morgan fingerprint density at radius 1 is 1.10 bits per heavy atom. The number of nitrogens with two attached hydrogens (primary N) is 1. The van der Waals surface area contributed by atoms with Crippen LogP contribution in [-0.4, -0.2) is 61.1 Å². The first-order chi connectivity index (χ1) is 14.7. The zero-order chi connectivity index (χ0) is 22.3. The molecule has 1 atom stereocenters. The van der Waals surface area contributed by atoms with E-state index < -0.39 is 0 Å². The number of ether oxygens (including phenoxy) is 2. The Kier molecular flexibility index (Phi) is 5.60. The van der Waals surface area contributed by atoms with Crippen molar-refractivity contribution in [3.05, 3.63) is 52.1 Å². The predicted octanol–water partition coefficient (Wildman–Crippen LogP) is 3.35. The molecule has 1 amide bonds. The van der Waals surface area contributed by atoms with Gasteiger partial charge in [0.2, 0.25) is 0 Å². The molecule has 2 aromatic carbocycles. The topological polar surface area (TPSA) is 68.0 Å². The van der Waals surface area contributed by atoms with Crippen molar-refractivity contribution in [1.82, 2.24) is 9.80 Å². The number of hydrogen-bond acceptors (Lipinski definition) is 5. The summed E-state index contributed by atoms with van der Waals surface area (Å²) in [5.41, 5.74) is 12.2. The van der Waals surface area contributed by atoms with Crippen molar-refractivity contribution < 1.29 is 14.3 Å². The van der Waals surface area contributed by atoms with Crippen LogP contribution in [0.1, 0.15) is 39.5 Å². The van der Waals surface area contributed by atoms with E-state index >= 15 is 0 Å². The lowest BCUT2D eigenvalue weighted by Crippen LogP contribution is -2.53. The van der Waals surface area contributed by atoms with Crippen molar-refractivity contribution in [2.75, 3.05) is 45.6 Å². The van der Waals surface area contributed by atoms with Gasteiger partial charge in [0.1, 0.15) is 17.1 Å². The molecule has 0 bridgehead atoms. The van der Waals surface area contributed by atoms with Crippen molar-refractivity contribution in [2.24, 2.45) is 0 Å². The van der Waals surface area contributed by atoms with Crippen LogP contribution in [0.2, 0.25) is 0 Å². The van der Waals surface area contributed by atoms with E-state index in [2.05, 4.69) is 32.6 Å². The minimum Gasteiger partial charge on any atom is -0.496 e. The Balaban J connectivity index is 1.41. The molecule has 166 valence electrons. The molecule has 0 saturated carbocycles. The van der Waals surface area contributed by atoms with E-state index in [0.717, 1.165) is 54.2 Å². The molecule has 2 aliphatic rings. The molecule has 6 nitrogen and oxygen atoms in total. The summed E-state index contributed by atoms with van der Waals surface area (Å²) in [6.45, 7) is 12.3. The number of para-hydroxylation sites is 1. The second-order valence-corrected chi connectivity index (χ2v) is 9.09. The maximum absolute atomic E-state index is 13.0. The summed E-state index contributed by atoms with van der Waals surface area (Å²) in [5.74, 6) is 1.67. The highest BCUT2D eigenvalue weighted by molar-refractivity contribution is 5.97. The van der Waals surface area contributed by atoms with E-state index in [1.807, 2.05) is 29.2 Å². The first-order valence-corrected chi connectivity index (χ1v) is 11.0. The second-order valence-electron chi connectivity index (χ2n) is 9.09. The number of rotatable bonds is 4. The number of carbonyl (C=O) groups excluding carboxylic acids is 1. The Bertz CT molecular complexity index is 973. The van der Waals surface area contributed by atoms with E-state index in [0.29, 0.717) is 24.4 Å². The number of amides is 1. The standard InChI is InChI=1S/C25H33N3O3/c1-16-17(2)23-20(18(3)22(16)26)14-25(4,31-23)15-27-10-12-28(13-11-27)24(29)19-8-6-7-9-21(19)30-5/h6-9H,10-15,26H2,1-5H3. The zero-order valence-electron chi connectivity index (χ0n) is 19.2. The van der Waals surface area contributed by atoms with E-state index in [9.17, 15) is 4.79 Å². The van der Waals surface area contributed by atoms with E-state index in [1.54, 1.807) is 7.11 Å². The number of nitrogens with zero attached hydrogens (tertiary/aromatic N) is 2. The van der Waals surface area contributed by atoms with Crippen LogP contribution in [0.5, 0.6) is 11.5 Å². The SMILES string of the molecule is COc1ccccc1C(=O)N1CCN(CC2(C)Cc3c(C)c(N)c(C)c(C)c3O2)CC1. The first-order valence-electron chi connectivity index (χ1n) is 11.0. The monoisotopic (exact) mass is 423 g/mol. The van der Waals surface area contributed by atoms with Gasteiger partial charge < -0.3 is 20.1 Å². The normalized spacial score (nSPS) is 21.0. The molecule has 2 aliphatic heterocycles. The third kappa shape index (κ3) is 3.85. The number of piperazine rings is 1. The molecule has 2 aromatic rings. The molecule has 0 radical (unpaired) electrons. The Labute approximate surface area is 184 Å². The van der Waals surface area contributed by atoms with Crippen molar-refractivity contribution in [2.45, 2.75) is 39.7 Å². The van der Waals surface area contributed by atoms with Gasteiger partial charge in [-0.05, 0) is 56.5 Å². The molecule has 1 fully saturated rings. The van der Waals surface area contributed by atoms with Crippen molar-refractivity contribution in [1.29, 1.82) is 0 Å². The smallest absolute Gasteiger partial charge is 0.257 e. The van der Waals surface area contributed by atoms with Crippen molar-refractivity contribution in [3.63, 3.8) is 0 Å². The largest absolute Gasteiger partial charge is 0.496 e. The maximum atomic E-state index is 13.0. The molecule has 6 heteroatoms. The molecule has 0 aromatic heterocycles. The molecule has 2 heterocycles. The van der Waals surface area contributed by atoms with Gasteiger partial charge in [0.05, 0.1) is 12.7 Å². The zero-order valence-corrected chi connectivity index (χ0v) is 19.2. The molecule has 31 heavy (non-hydrogen) atoms. The number of fused-ring (bicyclic) bond motifs is 1. The van der Waals surface area contributed by atoms with Crippen LogP contribution in [0.4, 0.5) is 5.69 Å². The third-order valence-electron chi connectivity index (χ3n) is 6.89. The molecular formula is C25H33N3O3. The highest BCUT2D eigenvalue weighted by atomic mass is 16.5. The van der Waals surface area contributed by atoms with Gasteiger partial charge in [0.25, 0.3) is 5.91 Å². The number of methoxy groups -OCH3 is 1. The Hall–Kier alpha value is -2.73. The number of nitrogen functional groups attached to an aromatic ring is 1. The maximum Gasteiger partial charge on any atom is 0.257 e. The average Bonchev–Trinajstić information content (AvgIpc) is 3.13. The van der Waals surface area contributed by atoms with Crippen LogP contribution in [0.15, 0.2) is 24.3 Å². The summed E-state index contributed by atoms with van der Waals surface area (Å²) in [6, 6.07) is 7.42. The van der Waals surface area contributed by atoms with Crippen LogP contribution in [0.3, 0.4) is 0 Å². The van der Waals surface area contributed by atoms with Gasteiger partial charge in [-0.1, -0.05) is 12.1 Å². The summed E-state index contributed by atoms with van der Waals surface area (Å²) in [7, 11) is 1.60. The van der Waals surface area contributed by atoms with Gasteiger partial charge >= 0.3 is 0 Å². The van der Waals surface area contributed by atoms with Crippen LogP contribution in [-0.2, 0) is 6.42 Å². The van der Waals surface area contributed by atoms with Crippen LogP contribution in [0.25, 0.3) is 0 Å². The first kappa shape index (κ1) is 21.5. The van der Waals surface area contributed by atoms with Gasteiger partial charge in [0, 0.05) is 50.4 Å². The molecular weight excluding hydrogens is 390 g/mol. The fourth-order valence-corrected chi connectivity index (χ4v) is 4.88. The van der Waals surface area contributed by atoms with Gasteiger partial charge in [-0.3, -0.25) is 9.69 Å². The quantitative estimate of drug-likeness (QED) is 0.764. The summed E-state index contributed by atoms with van der Waals surface area (Å²) in [6.07, 6.45) is 0.861. The molecule has 1 saturated heterocycles. The van der Waals surface area contributed by atoms with Crippen LogP contribution in [0, 0.1) is 20.8 Å². The molecule has 0 aliphatic carbocycles. The molecule has 4 rings (SSSR count).